The lowest BCUT2D eigenvalue weighted by Crippen LogP contribution is -2.23. The van der Waals surface area contributed by atoms with E-state index >= 15 is 0 Å². The number of carbonyl (C=O) groups excluding carboxylic acids is 1. The standard InChI is InChI=1S/C23H19FN4O/c24-20-12-10-17(11-13-20)15-28-16-22(26-27-28)23(29)25-14-19-8-4-5-9-21(19)18-6-2-1-3-7-18/h1-13,16H,14-15H2,(H,25,29). The van der Waals surface area contributed by atoms with Crippen LogP contribution in [0.15, 0.2) is 85.1 Å². The second kappa shape index (κ2) is 8.48. The highest BCUT2D eigenvalue weighted by atomic mass is 19.1. The molecule has 0 saturated heterocycles. The third-order valence-electron chi connectivity index (χ3n) is 4.57. The van der Waals surface area contributed by atoms with Crippen molar-refractivity contribution in [3.8, 4) is 11.1 Å². The third kappa shape index (κ3) is 4.55. The van der Waals surface area contributed by atoms with Crippen LogP contribution >= 0.6 is 0 Å². The molecule has 6 heteroatoms. The molecule has 0 aliphatic heterocycles. The van der Waals surface area contributed by atoms with Gasteiger partial charge in [0.1, 0.15) is 5.82 Å². The van der Waals surface area contributed by atoms with Gasteiger partial charge in [-0.1, -0.05) is 71.9 Å². The van der Waals surface area contributed by atoms with E-state index in [2.05, 4.69) is 15.6 Å². The Kier molecular flexibility index (Phi) is 5.42. The van der Waals surface area contributed by atoms with E-state index < -0.39 is 0 Å². The number of carbonyl (C=O) groups is 1. The SMILES string of the molecule is O=C(NCc1ccccc1-c1ccccc1)c1cn(Cc2ccc(F)cc2)nn1. The van der Waals surface area contributed by atoms with E-state index in [9.17, 15) is 9.18 Å². The van der Waals surface area contributed by atoms with Crippen LogP contribution in [-0.4, -0.2) is 20.9 Å². The maximum absolute atomic E-state index is 13.0. The normalized spacial score (nSPS) is 10.7. The highest BCUT2D eigenvalue weighted by molar-refractivity contribution is 5.91. The van der Waals surface area contributed by atoms with E-state index in [1.54, 1.807) is 23.0 Å². The van der Waals surface area contributed by atoms with Gasteiger partial charge in [0.05, 0.1) is 12.7 Å². The Hall–Kier alpha value is -3.80. The lowest BCUT2D eigenvalue weighted by Gasteiger charge is -2.10. The molecule has 144 valence electrons. The van der Waals surface area contributed by atoms with Gasteiger partial charge in [0, 0.05) is 6.54 Å². The topological polar surface area (TPSA) is 59.8 Å². The lowest BCUT2D eigenvalue weighted by molar-refractivity contribution is 0.0946. The van der Waals surface area contributed by atoms with Gasteiger partial charge in [-0.15, -0.1) is 5.10 Å². The van der Waals surface area contributed by atoms with Crippen molar-refractivity contribution in [2.45, 2.75) is 13.1 Å². The average Bonchev–Trinajstić information content (AvgIpc) is 3.23. The molecule has 1 N–H and O–H groups in total. The van der Waals surface area contributed by atoms with Crippen LogP contribution in [0.2, 0.25) is 0 Å². The highest BCUT2D eigenvalue weighted by Gasteiger charge is 2.12. The predicted molar refractivity (Wildman–Crippen MR) is 109 cm³/mol. The maximum atomic E-state index is 13.0. The first-order chi connectivity index (χ1) is 14.2. The van der Waals surface area contributed by atoms with Gasteiger partial charge in [0.25, 0.3) is 5.91 Å². The average molecular weight is 386 g/mol. The van der Waals surface area contributed by atoms with Crippen molar-refractivity contribution in [3.05, 3.63) is 108 Å². The number of halogens is 1. The van der Waals surface area contributed by atoms with Gasteiger partial charge in [-0.2, -0.15) is 0 Å². The fourth-order valence-corrected chi connectivity index (χ4v) is 3.10. The van der Waals surface area contributed by atoms with E-state index in [4.69, 9.17) is 0 Å². The summed E-state index contributed by atoms with van der Waals surface area (Å²) in [6.07, 6.45) is 1.59. The van der Waals surface area contributed by atoms with Gasteiger partial charge in [0.2, 0.25) is 0 Å². The number of benzene rings is 3. The summed E-state index contributed by atoms with van der Waals surface area (Å²) in [6.45, 7) is 0.798. The van der Waals surface area contributed by atoms with Crippen molar-refractivity contribution in [1.29, 1.82) is 0 Å². The number of amides is 1. The van der Waals surface area contributed by atoms with E-state index in [0.29, 0.717) is 13.1 Å². The molecule has 0 spiro atoms. The third-order valence-corrected chi connectivity index (χ3v) is 4.57. The second-order valence-corrected chi connectivity index (χ2v) is 6.63. The van der Waals surface area contributed by atoms with Crippen molar-refractivity contribution in [1.82, 2.24) is 20.3 Å². The molecule has 3 aromatic carbocycles. The van der Waals surface area contributed by atoms with E-state index in [0.717, 1.165) is 22.3 Å². The number of nitrogens with zero attached hydrogens (tertiary/aromatic N) is 3. The molecule has 0 unspecified atom stereocenters. The van der Waals surface area contributed by atoms with Gasteiger partial charge >= 0.3 is 0 Å². The van der Waals surface area contributed by atoms with Crippen LogP contribution in [0.3, 0.4) is 0 Å². The minimum absolute atomic E-state index is 0.240. The summed E-state index contributed by atoms with van der Waals surface area (Å²) >= 11 is 0. The van der Waals surface area contributed by atoms with Crippen molar-refractivity contribution >= 4 is 5.91 Å². The summed E-state index contributed by atoms with van der Waals surface area (Å²) < 4.78 is 14.6. The fourth-order valence-electron chi connectivity index (χ4n) is 3.10. The quantitative estimate of drug-likeness (QED) is 0.544. The van der Waals surface area contributed by atoms with E-state index in [-0.39, 0.29) is 17.4 Å². The molecule has 0 saturated carbocycles. The predicted octanol–water partition coefficient (Wildman–Crippen LogP) is 4.06. The van der Waals surface area contributed by atoms with Crippen LogP contribution in [0.5, 0.6) is 0 Å². The van der Waals surface area contributed by atoms with Crippen molar-refractivity contribution in [2.24, 2.45) is 0 Å². The summed E-state index contributed by atoms with van der Waals surface area (Å²) in [7, 11) is 0. The Morgan fingerprint density at radius 3 is 2.45 bits per heavy atom. The van der Waals surface area contributed by atoms with Crippen LogP contribution in [0.4, 0.5) is 4.39 Å². The number of aromatic nitrogens is 3. The zero-order valence-corrected chi connectivity index (χ0v) is 15.6. The maximum Gasteiger partial charge on any atom is 0.273 e. The minimum atomic E-state index is -0.293. The van der Waals surface area contributed by atoms with E-state index in [1.807, 2.05) is 54.6 Å². The molecule has 29 heavy (non-hydrogen) atoms. The summed E-state index contributed by atoms with van der Waals surface area (Å²) in [5.41, 5.74) is 4.31. The molecule has 0 aliphatic carbocycles. The van der Waals surface area contributed by atoms with Gasteiger partial charge in [-0.25, -0.2) is 9.07 Å². The minimum Gasteiger partial charge on any atom is -0.346 e. The number of hydrogen-bond donors (Lipinski definition) is 1. The number of hydrogen-bond acceptors (Lipinski definition) is 3. The molecule has 1 aromatic heterocycles. The van der Waals surface area contributed by atoms with Gasteiger partial charge in [-0.3, -0.25) is 4.79 Å². The molecule has 1 heterocycles. The van der Waals surface area contributed by atoms with Crippen molar-refractivity contribution < 1.29 is 9.18 Å². The number of nitrogens with one attached hydrogen (secondary N) is 1. The molecule has 0 aliphatic rings. The molecular formula is C23H19FN4O. The summed E-state index contributed by atoms with van der Waals surface area (Å²) in [6, 6.07) is 24.1. The molecule has 4 aromatic rings. The zero-order valence-electron chi connectivity index (χ0n) is 15.6. The Morgan fingerprint density at radius 2 is 1.66 bits per heavy atom. The van der Waals surface area contributed by atoms with Crippen LogP contribution in [0, 0.1) is 5.82 Å². The Morgan fingerprint density at radius 1 is 0.931 bits per heavy atom. The van der Waals surface area contributed by atoms with Gasteiger partial charge in [-0.05, 0) is 34.4 Å². The molecule has 0 atom stereocenters. The second-order valence-electron chi connectivity index (χ2n) is 6.63. The van der Waals surface area contributed by atoms with Crippen molar-refractivity contribution in [3.63, 3.8) is 0 Å². The smallest absolute Gasteiger partial charge is 0.273 e. The molecular weight excluding hydrogens is 367 g/mol. The fraction of sp³-hybridized carbons (Fsp3) is 0.0870. The van der Waals surface area contributed by atoms with Crippen LogP contribution in [0.1, 0.15) is 21.6 Å². The van der Waals surface area contributed by atoms with Crippen molar-refractivity contribution in [2.75, 3.05) is 0 Å². The molecule has 0 bridgehead atoms. The first-order valence-electron chi connectivity index (χ1n) is 9.25. The molecule has 0 fully saturated rings. The van der Waals surface area contributed by atoms with Crippen LogP contribution < -0.4 is 5.32 Å². The first-order valence-corrected chi connectivity index (χ1v) is 9.25. The first kappa shape index (κ1) is 18.6. The van der Waals surface area contributed by atoms with Crippen LogP contribution in [0.25, 0.3) is 11.1 Å². The largest absolute Gasteiger partial charge is 0.346 e. The summed E-state index contributed by atoms with van der Waals surface area (Å²) in [4.78, 5) is 12.5. The highest BCUT2D eigenvalue weighted by Crippen LogP contribution is 2.23. The molecule has 4 rings (SSSR count). The van der Waals surface area contributed by atoms with Gasteiger partial charge in [0.15, 0.2) is 5.69 Å². The zero-order chi connectivity index (χ0) is 20.1. The monoisotopic (exact) mass is 386 g/mol. The summed E-state index contributed by atoms with van der Waals surface area (Å²) in [5.74, 6) is -0.582. The lowest BCUT2D eigenvalue weighted by atomic mass is 10.00. The molecule has 0 radical (unpaired) electrons. The Bertz CT molecular complexity index is 1110. The Balaban J connectivity index is 1.42. The Labute approximate surface area is 167 Å². The summed E-state index contributed by atoms with van der Waals surface area (Å²) in [5, 5.41) is 10.8. The molecule has 1 amide bonds. The van der Waals surface area contributed by atoms with E-state index in [1.165, 1.54) is 12.1 Å². The van der Waals surface area contributed by atoms with Crippen LogP contribution in [-0.2, 0) is 13.1 Å². The molecule has 5 nitrogen and oxygen atoms in total. The number of rotatable bonds is 6. The van der Waals surface area contributed by atoms with Gasteiger partial charge < -0.3 is 5.32 Å².